The van der Waals surface area contributed by atoms with Crippen LogP contribution in [0.3, 0.4) is 0 Å². The molecule has 0 fully saturated rings. The van der Waals surface area contributed by atoms with E-state index >= 15 is 0 Å². The molecular weight excluding hydrogens is 242 g/mol. The molecule has 0 spiro atoms. The fourth-order valence-electron chi connectivity index (χ4n) is 1.16. The summed E-state index contributed by atoms with van der Waals surface area (Å²) in [6.07, 6.45) is 2.80. The lowest BCUT2D eigenvalue weighted by Gasteiger charge is -2.16. The molecule has 1 unspecified atom stereocenters. The Balaban J connectivity index is 2.80. The fraction of sp³-hybridized carbons (Fsp3) is 0.500. The van der Waals surface area contributed by atoms with Gasteiger partial charge < -0.3 is 11.1 Å². The number of nitrogens with two attached hydrogens (primary N) is 1. The van der Waals surface area contributed by atoms with Crippen molar-refractivity contribution in [2.75, 3.05) is 11.9 Å². The second-order valence-corrected chi connectivity index (χ2v) is 4.07. The molecule has 0 aliphatic rings. The SMILES string of the molecule is CCC(CN)Nc1nccc(C)c1Br. The van der Waals surface area contributed by atoms with Crippen molar-refractivity contribution in [3.63, 3.8) is 0 Å². The largest absolute Gasteiger partial charge is 0.365 e. The maximum atomic E-state index is 5.61. The highest BCUT2D eigenvalue weighted by atomic mass is 79.9. The first-order chi connectivity index (χ1) is 6.69. The Kier molecular flexibility index (Phi) is 4.35. The molecule has 0 aliphatic carbocycles. The minimum Gasteiger partial charge on any atom is -0.365 e. The van der Waals surface area contributed by atoms with Gasteiger partial charge >= 0.3 is 0 Å². The summed E-state index contributed by atoms with van der Waals surface area (Å²) in [5.74, 6) is 0.877. The topological polar surface area (TPSA) is 50.9 Å². The van der Waals surface area contributed by atoms with Crippen molar-refractivity contribution in [1.29, 1.82) is 0 Å². The van der Waals surface area contributed by atoms with Crippen molar-refractivity contribution in [2.45, 2.75) is 26.3 Å². The van der Waals surface area contributed by atoms with E-state index in [2.05, 4.69) is 33.2 Å². The highest BCUT2D eigenvalue weighted by Gasteiger charge is 2.08. The number of pyridine rings is 1. The number of hydrogen-bond acceptors (Lipinski definition) is 3. The van der Waals surface area contributed by atoms with Crippen LogP contribution >= 0.6 is 15.9 Å². The van der Waals surface area contributed by atoms with Gasteiger partial charge in [0.1, 0.15) is 5.82 Å². The molecule has 0 aliphatic heterocycles. The number of halogens is 1. The van der Waals surface area contributed by atoms with Crippen LogP contribution in [0.5, 0.6) is 0 Å². The molecule has 78 valence electrons. The number of nitrogens with one attached hydrogen (secondary N) is 1. The molecule has 0 saturated heterocycles. The van der Waals surface area contributed by atoms with E-state index in [-0.39, 0.29) is 0 Å². The van der Waals surface area contributed by atoms with Crippen molar-refractivity contribution in [2.24, 2.45) is 5.73 Å². The molecule has 1 aromatic heterocycles. The Morgan fingerprint density at radius 3 is 2.93 bits per heavy atom. The third-order valence-electron chi connectivity index (χ3n) is 2.20. The molecule has 0 bridgehead atoms. The zero-order valence-corrected chi connectivity index (χ0v) is 10.1. The molecule has 1 heterocycles. The summed E-state index contributed by atoms with van der Waals surface area (Å²) in [6, 6.07) is 2.26. The molecule has 1 aromatic rings. The Hall–Kier alpha value is -0.610. The normalized spacial score (nSPS) is 12.6. The smallest absolute Gasteiger partial charge is 0.140 e. The van der Waals surface area contributed by atoms with Gasteiger partial charge in [-0.2, -0.15) is 0 Å². The molecule has 4 heteroatoms. The molecule has 1 atom stereocenters. The van der Waals surface area contributed by atoms with Gasteiger partial charge in [-0.1, -0.05) is 6.92 Å². The van der Waals surface area contributed by atoms with Gasteiger partial charge in [0.25, 0.3) is 0 Å². The van der Waals surface area contributed by atoms with Crippen LogP contribution in [0.25, 0.3) is 0 Å². The van der Waals surface area contributed by atoms with Gasteiger partial charge in [0, 0.05) is 18.8 Å². The first-order valence-corrected chi connectivity index (χ1v) is 5.56. The number of aryl methyl sites for hydroxylation is 1. The Labute approximate surface area is 93.2 Å². The highest BCUT2D eigenvalue weighted by molar-refractivity contribution is 9.10. The van der Waals surface area contributed by atoms with E-state index in [1.54, 1.807) is 6.20 Å². The van der Waals surface area contributed by atoms with Gasteiger partial charge in [-0.05, 0) is 40.9 Å². The summed E-state index contributed by atoms with van der Waals surface area (Å²) in [5, 5.41) is 3.30. The number of nitrogens with zero attached hydrogens (tertiary/aromatic N) is 1. The summed E-state index contributed by atoms with van der Waals surface area (Å²) in [4.78, 5) is 4.26. The lowest BCUT2D eigenvalue weighted by atomic mass is 10.2. The first kappa shape index (κ1) is 11.5. The molecule has 3 N–H and O–H groups in total. The van der Waals surface area contributed by atoms with Gasteiger partial charge in [0.05, 0.1) is 4.47 Å². The van der Waals surface area contributed by atoms with E-state index in [0.29, 0.717) is 12.6 Å². The first-order valence-electron chi connectivity index (χ1n) is 4.76. The Morgan fingerprint density at radius 2 is 2.36 bits per heavy atom. The number of hydrogen-bond donors (Lipinski definition) is 2. The predicted molar refractivity (Wildman–Crippen MR) is 63.4 cm³/mol. The second kappa shape index (κ2) is 5.32. The van der Waals surface area contributed by atoms with Crippen molar-refractivity contribution >= 4 is 21.7 Å². The van der Waals surface area contributed by atoms with E-state index < -0.39 is 0 Å². The lowest BCUT2D eigenvalue weighted by molar-refractivity contribution is 0.699. The predicted octanol–water partition coefficient (Wildman–Crippen LogP) is 2.30. The van der Waals surface area contributed by atoms with Crippen molar-refractivity contribution < 1.29 is 0 Å². The van der Waals surface area contributed by atoms with E-state index in [1.807, 2.05) is 13.0 Å². The molecule has 0 amide bonds. The third kappa shape index (κ3) is 2.69. The van der Waals surface area contributed by atoms with Crippen LogP contribution in [-0.2, 0) is 0 Å². The standard InChI is InChI=1S/C10H16BrN3/c1-3-8(6-12)14-10-9(11)7(2)4-5-13-10/h4-5,8H,3,6,12H2,1-2H3,(H,13,14). The molecule has 14 heavy (non-hydrogen) atoms. The van der Waals surface area contributed by atoms with E-state index in [0.717, 1.165) is 16.7 Å². The average molecular weight is 258 g/mol. The van der Waals surface area contributed by atoms with Gasteiger partial charge in [-0.15, -0.1) is 0 Å². The quantitative estimate of drug-likeness (QED) is 0.871. The van der Waals surface area contributed by atoms with Crippen LogP contribution in [0, 0.1) is 6.92 Å². The molecule has 3 nitrogen and oxygen atoms in total. The highest BCUT2D eigenvalue weighted by Crippen LogP contribution is 2.23. The summed E-state index contributed by atoms with van der Waals surface area (Å²) in [7, 11) is 0. The summed E-state index contributed by atoms with van der Waals surface area (Å²) >= 11 is 3.50. The van der Waals surface area contributed by atoms with Crippen molar-refractivity contribution in [3.05, 3.63) is 22.3 Å². The Morgan fingerprint density at radius 1 is 1.64 bits per heavy atom. The molecule has 1 rings (SSSR count). The van der Waals surface area contributed by atoms with E-state index in [4.69, 9.17) is 5.73 Å². The monoisotopic (exact) mass is 257 g/mol. The van der Waals surface area contributed by atoms with Crippen molar-refractivity contribution in [3.8, 4) is 0 Å². The van der Waals surface area contributed by atoms with Gasteiger partial charge in [-0.3, -0.25) is 0 Å². The van der Waals surface area contributed by atoms with E-state index in [1.165, 1.54) is 5.56 Å². The van der Waals surface area contributed by atoms with Crippen LogP contribution in [0.2, 0.25) is 0 Å². The van der Waals surface area contributed by atoms with E-state index in [9.17, 15) is 0 Å². The molecule has 0 saturated carbocycles. The van der Waals surface area contributed by atoms with Crippen LogP contribution < -0.4 is 11.1 Å². The fourth-order valence-corrected chi connectivity index (χ4v) is 1.51. The summed E-state index contributed by atoms with van der Waals surface area (Å²) < 4.78 is 1.02. The minimum absolute atomic E-state index is 0.292. The average Bonchev–Trinajstić information content (AvgIpc) is 2.20. The maximum Gasteiger partial charge on any atom is 0.140 e. The van der Waals surface area contributed by atoms with Crippen LogP contribution in [-0.4, -0.2) is 17.6 Å². The number of aromatic nitrogens is 1. The van der Waals surface area contributed by atoms with Gasteiger partial charge in [0.15, 0.2) is 0 Å². The third-order valence-corrected chi connectivity index (χ3v) is 3.20. The van der Waals surface area contributed by atoms with Crippen molar-refractivity contribution in [1.82, 2.24) is 4.98 Å². The van der Waals surface area contributed by atoms with Gasteiger partial charge in [0.2, 0.25) is 0 Å². The van der Waals surface area contributed by atoms with Gasteiger partial charge in [-0.25, -0.2) is 4.98 Å². The second-order valence-electron chi connectivity index (χ2n) is 3.28. The number of rotatable bonds is 4. The van der Waals surface area contributed by atoms with Crippen LogP contribution in [0.15, 0.2) is 16.7 Å². The molecular formula is C10H16BrN3. The minimum atomic E-state index is 0.292. The zero-order valence-electron chi connectivity index (χ0n) is 8.55. The summed E-state index contributed by atoms with van der Waals surface area (Å²) in [5.41, 5.74) is 6.79. The number of anilines is 1. The maximum absolute atomic E-state index is 5.61. The molecule has 0 aromatic carbocycles. The van der Waals surface area contributed by atoms with Crippen LogP contribution in [0.1, 0.15) is 18.9 Å². The molecule has 0 radical (unpaired) electrons. The van der Waals surface area contributed by atoms with Crippen LogP contribution in [0.4, 0.5) is 5.82 Å². The summed E-state index contributed by atoms with van der Waals surface area (Å²) in [6.45, 7) is 4.77. The lowest BCUT2D eigenvalue weighted by Crippen LogP contribution is -2.28. The zero-order chi connectivity index (χ0) is 10.6. The Bertz CT molecular complexity index is 297.